The Balaban J connectivity index is 1.84. The molecule has 0 saturated heterocycles. The number of rotatable bonds is 2. The van der Waals surface area contributed by atoms with Crippen molar-refractivity contribution in [2.24, 2.45) is 0 Å². The number of anilines is 2. The standard InChI is InChI=1S/C17H16N2O2/c1-19-15-11-14(9-7-12(15)8-10-16(19)20)18-17(21)13-5-3-2-4-6-13/h2-7,9,11H,8,10H2,1H3,(H,18,21). The summed E-state index contributed by atoms with van der Waals surface area (Å²) in [6, 6.07) is 14.8. The summed E-state index contributed by atoms with van der Waals surface area (Å²) in [6.45, 7) is 0. The van der Waals surface area contributed by atoms with Crippen LogP contribution in [-0.2, 0) is 11.2 Å². The van der Waals surface area contributed by atoms with Gasteiger partial charge >= 0.3 is 0 Å². The van der Waals surface area contributed by atoms with Crippen LogP contribution in [-0.4, -0.2) is 18.9 Å². The van der Waals surface area contributed by atoms with Gasteiger partial charge in [0.2, 0.25) is 5.91 Å². The van der Waals surface area contributed by atoms with Crippen LogP contribution in [0.2, 0.25) is 0 Å². The predicted molar refractivity (Wildman–Crippen MR) is 82.6 cm³/mol. The molecule has 1 heterocycles. The van der Waals surface area contributed by atoms with Crippen molar-refractivity contribution in [1.29, 1.82) is 0 Å². The average molecular weight is 280 g/mol. The number of nitrogens with one attached hydrogen (secondary N) is 1. The van der Waals surface area contributed by atoms with Crippen LogP contribution in [0.3, 0.4) is 0 Å². The van der Waals surface area contributed by atoms with Gasteiger partial charge in [-0.2, -0.15) is 0 Å². The van der Waals surface area contributed by atoms with Crippen molar-refractivity contribution in [3.05, 3.63) is 59.7 Å². The Kier molecular flexibility index (Phi) is 3.44. The summed E-state index contributed by atoms with van der Waals surface area (Å²) >= 11 is 0. The maximum absolute atomic E-state index is 12.1. The molecule has 0 saturated carbocycles. The highest BCUT2D eigenvalue weighted by molar-refractivity contribution is 6.05. The maximum Gasteiger partial charge on any atom is 0.255 e. The summed E-state index contributed by atoms with van der Waals surface area (Å²) in [5, 5.41) is 2.87. The third-order valence-electron chi connectivity index (χ3n) is 3.72. The SMILES string of the molecule is CN1C(=O)CCc2ccc(NC(=O)c3ccccc3)cc21. The second-order valence-corrected chi connectivity index (χ2v) is 5.12. The summed E-state index contributed by atoms with van der Waals surface area (Å²) < 4.78 is 0. The van der Waals surface area contributed by atoms with Crippen LogP contribution in [0.1, 0.15) is 22.3 Å². The van der Waals surface area contributed by atoms with E-state index in [-0.39, 0.29) is 11.8 Å². The molecule has 2 amide bonds. The van der Waals surface area contributed by atoms with Crippen molar-refractivity contribution in [2.75, 3.05) is 17.3 Å². The van der Waals surface area contributed by atoms with Crippen molar-refractivity contribution in [3.63, 3.8) is 0 Å². The van der Waals surface area contributed by atoms with E-state index in [1.807, 2.05) is 36.4 Å². The van der Waals surface area contributed by atoms with Gasteiger partial charge in [-0.3, -0.25) is 9.59 Å². The maximum atomic E-state index is 12.1. The van der Waals surface area contributed by atoms with E-state index in [9.17, 15) is 9.59 Å². The quantitative estimate of drug-likeness (QED) is 0.919. The molecule has 0 bridgehead atoms. The molecule has 0 aromatic heterocycles. The zero-order valence-electron chi connectivity index (χ0n) is 11.8. The van der Waals surface area contributed by atoms with Gasteiger partial charge in [-0.05, 0) is 36.2 Å². The highest BCUT2D eigenvalue weighted by Gasteiger charge is 2.21. The highest BCUT2D eigenvalue weighted by atomic mass is 16.2. The molecule has 0 spiro atoms. The van der Waals surface area contributed by atoms with E-state index < -0.39 is 0 Å². The van der Waals surface area contributed by atoms with Gasteiger partial charge in [0.1, 0.15) is 0 Å². The molecule has 0 fully saturated rings. The molecular formula is C17H16N2O2. The zero-order valence-corrected chi connectivity index (χ0v) is 11.8. The number of amides is 2. The second kappa shape index (κ2) is 5.40. The van der Waals surface area contributed by atoms with Crippen molar-refractivity contribution >= 4 is 23.2 Å². The molecule has 4 nitrogen and oxygen atoms in total. The first-order chi connectivity index (χ1) is 10.1. The number of nitrogens with zero attached hydrogens (tertiary/aromatic N) is 1. The number of aryl methyl sites for hydroxylation is 1. The minimum absolute atomic E-state index is 0.106. The summed E-state index contributed by atoms with van der Waals surface area (Å²) in [5.41, 5.74) is 3.32. The Morgan fingerprint density at radius 1 is 1.10 bits per heavy atom. The number of carbonyl (C=O) groups is 2. The lowest BCUT2D eigenvalue weighted by Gasteiger charge is -2.26. The van der Waals surface area contributed by atoms with Crippen molar-refractivity contribution in [3.8, 4) is 0 Å². The summed E-state index contributed by atoms with van der Waals surface area (Å²) in [7, 11) is 1.77. The lowest BCUT2D eigenvalue weighted by Crippen LogP contribution is -2.31. The normalized spacial score (nSPS) is 13.8. The summed E-state index contributed by atoms with van der Waals surface area (Å²) in [6.07, 6.45) is 1.30. The summed E-state index contributed by atoms with van der Waals surface area (Å²) in [4.78, 5) is 25.5. The fraction of sp³-hybridized carbons (Fsp3) is 0.176. The molecule has 106 valence electrons. The molecule has 3 rings (SSSR count). The Hall–Kier alpha value is -2.62. The minimum atomic E-state index is -0.152. The summed E-state index contributed by atoms with van der Waals surface area (Å²) in [5.74, 6) is -0.0469. The van der Waals surface area contributed by atoms with Gasteiger partial charge in [0.05, 0.1) is 0 Å². The molecule has 0 radical (unpaired) electrons. The molecule has 1 N–H and O–H groups in total. The predicted octanol–water partition coefficient (Wildman–Crippen LogP) is 2.85. The number of carbonyl (C=O) groups excluding carboxylic acids is 2. The van der Waals surface area contributed by atoms with E-state index in [0.717, 1.165) is 17.7 Å². The van der Waals surface area contributed by atoms with E-state index in [0.29, 0.717) is 17.7 Å². The molecular weight excluding hydrogens is 264 g/mol. The van der Waals surface area contributed by atoms with Crippen LogP contribution >= 0.6 is 0 Å². The van der Waals surface area contributed by atoms with Crippen LogP contribution in [0.4, 0.5) is 11.4 Å². The molecule has 0 atom stereocenters. The zero-order chi connectivity index (χ0) is 14.8. The van der Waals surface area contributed by atoms with Crippen molar-refractivity contribution < 1.29 is 9.59 Å². The van der Waals surface area contributed by atoms with Gasteiger partial charge in [0, 0.05) is 30.4 Å². The Morgan fingerprint density at radius 3 is 2.62 bits per heavy atom. The molecule has 1 aliphatic rings. The smallest absolute Gasteiger partial charge is 0.255 e. The molecule has 21 heavy (non-hydrogen) atoms. The van der Waals surface area contributed by atoms with E-state index in [2.05, 4.69) is 5.32 Å². The van der Waals surface area contributed by atoms with Gasteiger partial charge in [0.25, 0.3) is 5.91 Å². The molecule has 2 aromatic carbocycles. The minimum Gasteiger partial charge on any atom is -0.322 e. The van der Waals surface area contributed by atoms with E-state index in [1.165, 1.54) is 0 Å². The van der Waals surface area contributed by atoms with Gasteiger partial charge < -0.3 is 10.2 Å². The first kappa shape index (κ1) is 13.4. The lowest BCUT2D eigenvalue weighted by molar-refractivity contribution is -0.118. The van der Waals surface area contributed by atoms with Crippen LogP contribution in [0, 0.1) is 0 Å². The molecule has 0 aliphatic carbocycles. The number of hydrogen-bond donors (Lipinski definition) is 1. The monoisotopic (exact) mass is 280 g/mol. The molecule has 0 unspecified atom stereocenters. The first-order valence-electron chi connectivity index (χ1n) is 6.91. The molecule has 2 aromatic rings. The van der Waals surface area contributed by atoms with E-state index >= 15 is 0 Å². The largest absolute Gasteiger partial charge is 0.322 e. The lowest BCUT2D eigenvalue weighted by atomic mass is 10.0. The van der Waals surface area contributed by atoms with E-state index in [1.54, 1.807) is 24.1 Å². The number of fused-ring (bicyclic) bond motifs is 1. The van der Waals surface area contributed by atoms with Gasteiger partial charge in [-0.25, -0.2) is 0 Å². The van der Waals surface area contributed by atoms with Gasteiger partial charge in [-0.1, -0.05) is 24.3 Å². The highest BCUT2D eigenvalue weighted by Crippen LogP contribution is 2.29. The van der Waals surface area contributed by atoms with Crippen LogP contribution in [0.25, 0.3) is 0 Å². The van der Waals surface area contributed by atoms with E-state index in [4.69, 9.17) is 0 Å². The fourth-order valence-electron chi connectivity index (χ4n) is 2.50. The Labute approximate surface area is 123 Å². The Morgan fingerprint density at radius 2 is 1.86 bits per heavy atom. The van der Waals surface area contributed by atoms with Crippen molar-refractivity contribution in [2.45, 2.75) is 12.8 Å². The molecule has 4 heteroatoms. The number of benzene rings is 2. The third-order valence-corrected chi connectivity index (χ3v) is 3.72. The number of hydrogen-bond acceptors (Lipinski definition) is 2. The topological polar surface area (TPSA) is 49.4 Å². The van der Waals surface area contributed by atoms with Crippen LogP contribution < -0.4 is 10.2 Å². The first-order valence-corrected chi connectivity index (χ1v) is 6.91. The Bertz CT molecular complexity index is 695. The van der Waals surface area contributed by atoms with Crippen molar-refractivity contribution in [1.82, 2.24) is 0 Å². The molecule has 1 aliphatic heterocycles. The average Bonchev–Trinajstić information content (AvgIpc) is 2.52. The second-order valence-electron chi connectivity index (χ2n) is 5.12. The third kappa shape index (κ3) is 2.65. The van der Waals surface area contributed by atoms with Crippen LogP contribution in [0.5, 0.6) is 0 Å². The fourth-order valence-corrected chi connectivity index (χ4v) is 2.50. The van der Waals surface area contributed by atoms with Gasteiger partial charge in [-0.15, -0.1) is 0 Å². The van der Waals surface area contributed by atoms with Crippen LogP contribution in [0.15, 0.2) is 48.5 Å². The van der Waals surface area contributed by atoms with Gasteiger partial charge in [0.15, 0.2) is 0 Å².